The number of aryl methyl sites for hydroxylation is 1. The molecule has 72 valence electrons. The van der Waals surface area contributed by atoms with Crippen molar-refractivity contribution in [1.29, 1.82) is 0 Å². The van der Waals surface area contributed by atoms with Crippen LogP contribution < -0.4 is 51.4 Å². The first-order valence-corrected chi connectivity index (χ1v) is 4.86. The molecule has 0 fully saturated rings. The Bertz CT molecular complexity index is 273. The number of rotatable bonds is 3. The molecule has 0 saturated carbocycles. The van der Waals surface area contributed by atoms with Crippen LogP contribution in [-0.4, -0.2) is 12.6 Å². The SMILES string of the molecule is Cc1ccc(SC[B-](F)(F)F)cc1.[K+]. The van der Waals surface area contributed by atoms with Crippen LogP contribution in [0.5, 0.6) is 0 Å². The van der Waals surface area contributed by atoms with Gasteiger partial charge in [-0.15, -0.1) is 0 Å². The number of hydrogen-bond donors (Lipinski definition) is 0. The molecule has 0 radical (unpaired) electrons. The van der Waals surface area contributed by atoms with Crippen LogP contribution in [0.4, 0.5) is 12.9 Å². The molecule has 6 heteroatoms. The molecule has 0 bridgehead atoms. The van der Waals surface area contributed by atoms with Gasteiger partial charge in [0.2, 0.25) is 0 Å². The fourth-order valence-corrected chi connectivity index (χ4v) is 1.54. The summed E-state index contributed by atoms with van der Waals surface area (Å²) in [4.78, 5) is 0.671. The molecule has 1 aromatic carbocycles. The van der Waals surface area contributed by atoms with Crippen molar-refractivity contribution in [2.45, 2.75) is 11.8 Å². The molecule has 0 aliphatic rings. The Balaban J connectivity index is 0.00000169. The maximum Gasteiger partial charge on any atom is 1.00 e. The fraction of sp³-hybridized carbons (Fsp3) is 0.250. The molecule has 1 aromatic rings. The smallest absolute Gasteiger partial charge is 0.448 e. The molecule has 14 heavy (non-hydrogen) atoms. The quantitative estimate of drug-likeness (QED) is 0.550. The van der Waals surface area contributed by atoms with Crippen molar-refractivity contribution in [1.82, 2.24) is 0 Å². The predicted molar refractivity (Wildman–Crippen MR) is 51.0 cm³/mol. The van der Waals surface area contributed by atoms with Gasteiger partial charge in [0, 0.05) is 4.90 Å². The summed E-state index contributed by atoms with van der Waals surface area (Å²) in [7, 11) is 0. The molecule has 0 heterocycles. The summed E-state index contributed by atoms with van der Waals surface area (Å²) in [6, 6.07) is 7.04. The minimum atomic E-state index is -4.67. The van der Waals surface area contributed by atoms with E-state index in [2.05, 4.69) is 0 Å². The van der Waals surface area contributed by atoms with Gasteiger partial charge in [-0.2, -0.15) is 11.8 Å². The van der Waals surface area contributed by atoms with E-state index < -0.39 is 12.6 Å². The first kappa shape index (κ1) is 15.1. The molecule has 1 rings (SSSR count). The first-order chi connectivity index (χ1) is 5.97. The van der Waals surface area contributed by atoms with E-state index in [-0.39, 0.29) is 51.4 Å². The van der Waals surface area contributed by atoms with Crippen molar-refractivity contribution in [3.63, 3.8) is 0 Å². The summed E-state index contributed by atoms with van der Waals surface area (Å²) in [5.74, 6) is 0. The van der Waals surface area contributed by atoms with Gasteiger partial charge < -0.3 is 12.9 Å². The van der Waals surface area contributed by atoms with E-state index >= 15 is 0 Å². The van der Waals surface area contributed by atoms with Gasteiger partial charge in [-0.1, -0.05) is 17.7 Å². The van der Waals surface area contributed by atoms with Crippen molar-refractivity contribution >= 4 is 18.7 Å². The Morgan fingerprint density at radius 1 is 1.14 bits per heavy atom. The molecular weight excluding hydrogens is 235 g/mol. The maximum absolute atomic E-state index is 11.9. The van der Waals surface area contributed by atoms with Crippen LogP contribution in [0, 0.1) is 6.92 Å². The molecule has 0 spiro atoms. The zero-order valence-electron chi connectivity index (χ0n) is 8.14. The Hall–Kier alpha value is 1.06. The molecule has 0 amide bonds. The van der Waals surface area contributed by atoms with Gasteiger partial charge >= 0.3 is 58.4 Å². The molecular formula is C8H9BF3KS. The third-order valence-corrected chi connectivity index (χ3v) is 2.61. The van der Waals surface area contributed by atoms with Crippen LogP contribution in [0.3, 0.4) is 0 Å². The first-order valence-electron chi connectivity index (χ1n) is 3.88. The Labute approximate surface area is 129 Å². The van der Waals surface area contributed by atoms with E-state index in [0.717, 1.165) is 17.3 Å². The fourth-order valence-electron chi connectivity index (χ4n) is 0.825. The van der Waals surface area contributed by atoms with Gasteiger partial charge in [0.15, 0.2) is 0 Å². The third-order valence-electron chi connectivity index (χ3n) is 1.46. The van der Waals surface area contributed by atoms with Crippen molar-refractivity contribution in [2.75, 3.05) is 5.65 Å². The summed E-state index contributed by atoms with van der Waals surface area (Å²) in [5, 5.41) is 0. The Kier molecular flexibility index (Phi) is 7.10. The topological polar surface area (TPSA) is 0 Å². The monoisotopic (exact) mass is 244 g/mol. The van der Waals surface area contributed by atoms with Gasteiger partial charge in [-0.25, -0.2) is 0 Å². The molecule has 0 aromatic heterocycles. The van der Waals surface area contributed by atoms with Crippen molar-refractivity contribution < 1.29 is 64.3 Å². The van der Waals surface area contributed by atoms with E-state index in [1.54, 1.807) is 12.1 Å². The molecule has 0 aliphatic heterocycles. The molecule has 0 aliphatic carbocycles. The Morgan fingerprint density at radius 2 is 1.64 bits per heavy atom. The molecule has 0 atom stereocenters. The maximum atomic E-state index is 11.9. The second-order valence-corrected chi connectivity index (χ2v) is 3.93. The van der Waals surface area contributed by atoms with Gasteiger partial charge in [0.25, 0.3) is 0 Å². The van der Waals surface area contributed by atoms with Gasteiger partial charge in [-0.3, -0.25) is 0 Å². The van der Waals surface area contributed by atoms with Crippen LogP contribution in [-0.2, 0) is 0 Å². The van der Waals surface area contributed by atoms with E-state index in [1.165, 1.54) is 0 Å². The van der Waals surface area contributed by atoms with E-state index in [1.807, 2.05) is 19.1 Å². The molecule has 0 saturated heterocycles. The van der Waals surface area contributed by atoms with Crippen LogP contribution in [0.15, 0.2) is 29.2 Å². The van der Waals surface area contributed by atoms with Crippen molar-refractivity contribution in [3.05, 3.63) is 29.8 Å². The normalized spacial score (nSPS) is 10.9. The Morgan fingerprint density at radius 3 is 2.07 bits per heavy atom. The standard InChI is InChI=1S/C8H9BF3S.K/c1-7-2-4-8(5-3-7)13-6-9(10,11)12;/h2-5H,6H2,1H3;/q-1;+1. The zero-order valence-corrected chi connectivity index (χ0v) is 12.1. The van der Waals surface area contributed by atoms with Gasteiger partial charge in [0.1, 0.15) is 0 Å². The summed E-state index contributed by atoms with van der Waals surface area (Å²) in [6.45, 7) is -2.77. The van der Waals surface area contributed by atoms with Crippen molar-refractivity contribution in [3.8, 4) is 0 Å². The van der Waals surface area contributed by atoms with Crippen LogP contribution in [0.2, 0.25) is 0 Å². The van der Waals surface area contributed by atoms with Crippen molar-refractivity contribution in [2.24, 2.45) is 0 Å². The predicted octanol–water partition coefficient (Wildman–Crippen LogP) is 0.478. The summed E-state index contributed by atoms with van der Waals surface area (Å²) in [5.41, 5.74) is 0.296. The minimum Gasteiger partial charge on any atom is -0.448 e. The molecule has 0 unspecified atom stereocenters. The van der Waals surface area contributed by atoms with Gasteiger partial charge in [0.05, 0.1) is 0 Å². The average Bonchev–Trinajstić information content (AvgIpc) is 2.02. The second kappa shape index (κ2) is 6.60. The largest absolute Gasteiger partial charge is 1.00 e. The molecule has 0 nitrogen and oxygen atoms in total. The van der Waals surface area contributed by atoms with Crippen LogP contribution >= 0.6 is 11.8 Å². The molecule has 0 N–H and O–H groups in total. The minimum absolute atomic E-state index is 0. The third kappa shape index (κ3) is 6.53. The number of benzene rings is 1. The second-order valence-electron chi connectivity index (χ2n) is 2.83. The zero-order chi connectivity index (χ0) is 9.90. The summed E-state index contributed by atoms with van der Waals surface area (Å²) in [6.07, 6.45) is 0. The van der Waals surface area contributed by atoms with Gasteiger partial charge in [-0.05, 0) is 24.7 Å². The summed E-state index contributed by atoms with van der Waals surface area (Å²) < 4.78 is 35.6. The van der Waals surface area contributed by atoms with E-state index in [9.17, 15) is 12.9 Å². The van der Waals surface area contributed by atoms with E-state index in [4.69, 9.17) is 0 Å². The average molecular weight is 244 g/mol. The summed E-state index contributed by atoms with van der Waals surface area (Å²) >= 11 is 0.839. The number of halogens is 3. The van der Waals surface area contributed by atoms with Crippen LogP contribution in [0.25, 0.3) is 0 Å². The van der Waals surface area contributed by atoms with Crippen LogP contribution in [0.1, 0.15) is 5.56 Å². The number of thioether (sulfide) groups is 1. The number of hydrogen-bond acceptors (Lipinski definition) is 1. The van der Waals surface area contributed by atoms with E-state index in [0.29, 0.717) is 4.90 Å².